The molecule has 3 aromatic rings. The van der Waals surface area contributed by atoms with Gasteiger partial charge in [-0.25, -0.2) is 0 Å². The highest BCUT2D eigenvalue weighted by Gasteiger charge is 2.28. The van der Waals surface area contributed by atoms with Gasteiger partial charge in [-0.15, -0.1) is 10.2 Å². The Labute approximate surface area is 228 Å². The Hall–Kier alpha value is -3.49. The standard InChI is InChI=1S/C29H32ClN5O3/c1-21-4-6-22(7-5-21)26-12-13-27(32-31-26)33-14-16-34(17-15-33)28(36)20-35(19-25-3-2-18-38-25)29(37)23-8-10-24(30)11-9-23/h4-13,25H,2-3,14-20H2,1H3/t25-/m0/s1. The Bertz CT molecular complexity index is 1240. The normalized spacial score (nSPS) is 17.5. The molecule has 2 aliphatic heterocycles. The largest absolute Gasteiger partial charge is 0.376 e. The maximum atomic E-state index is 13.3. The molecule has 3 heterocycles. The predicted molar refractivity (Wildman–Crippen MR) is 147 cm³/mol. The summed E-state index contributed by atoms with van der Waals surface area (Å²) < 4.78 is 5.76. The van der Waals surface area contributed by atoms with Crippen molar-refractivity contribution in [2.75, 3.05) is 50.8 Å². The number of benzene rings is 2. The molecule has 9 heteroatoms. The number of nitrogens with zero attached hydrogens (tertiary/aromatic N) is 5. The summed E-state index contributed by atoms with van der Waals surface area (Å²) in [6.45, 7) is 5.59. The average Bonchev–Trinajstić information content (AvgIpc) is 3.47. The maximum Gasteiger partial charge on any atom is 0.254 e. The van der Waals surface area contributed by atoms with E-state index in [1.807, 2.05) is 29.2 Å². The monoisotopic (exact) mass is 533 g/mol. The molecule has 8 nitrogen and oxygen atoms in total. The molecule has 2 aromatic carbocycles. The fraction of sp³-hybridized carbons (Fsp3) is 0.379. The highest BCUT2D eigenvalue weighted by atomic mass is 35.5. The zero-order valence-electron chi connectivity index (χ0n) is 21.6. The van der Waals surface area contributed by atoms with Gasteiger partial charge in [0, 0.05) is 55.5 Å². The topological polar surface area (TPSA) is 78.9 Å². The SMILES string of the molecule is Cc1ccc(-c2ccc(N3CCN(C(=O)CN(C[C@@H]4CCCO4)C(=O)c4ccc(Cl)cc4)CC3)nn2)cc1. The van der Waals surface area contributed by atoms with E-state index in [1.165, 1.54) is 5.56 Å². The summed E-state index contributed by atoms with van der Waals surface area (Å²) in [6.07, 6.45) is 1.82. The van der Waals surface area contributed by atoms with Gasteiger partial charge in [0.1, 0.15) is 6.54 Å². The highest BCUT2D eigenvalue weighted by Crippen LogP contribution is 2.21. The third-order valence-electron chi connectivity index (χ3n) is 7.11. The van der Waals surface area contributed by atoms with Gasteiger partial charge >= 0.3 is 0 Å². The van der Waals surface area contributed by atoms with Gasteiger partial charge in [-0.1, -0.05) is 41.4 Å². The van der Waals surface area contributed by atoms with Crippen molar-refractivity contribution in [3.8, 4) is 11.3 Å². The summed E-state index contributed by atoms with van der Waals surface area (Å²) in [5.41, 5.74) is 3.58. The van der Waals surface area contributed by atoms with Gasteiger partial charge < -0.3 is 19.4 Å². The first kappa shape index (κ1) is 26.1. The van der Waals surface area contributed by atoms with Crippen LogP contribution in [-0.4, -0.2) is 83.8 Å². The van der Waals surface area contributed by atoms with Crippen LogP contribution in [0.1, 0.15) is 28.8 Å². The number of hydrogen-bond donors (Lipinski definition) is 0. The first-order chi connectivity index (χ1) is 18.5. The van der Waals surface area contributed by atoms with Crippen LogP contribution in [0.3, 0.4) is 0 Å². The molecule has 0 saturated carbocycles. The van der Waals surface area contributed by atoms with Crippen molar-refractivity contribution in [3.05, 3.63) is 76.8 Å². The van der Waals surface area contributed by atoms with E-state index in [9.17, 15) is 9.59 Å². The molecule has 0 unspecified atom stereocenters. The Balaban J connectivity index is 1.19. The van der Waals surface area contributed by atoms with E-state index in [-0.39, 0.29) is 24.5 Å². The van der Waals surface area contributed by atoms with Crippen molar-refractivity contribution in [2.24, 2.45) is 0 Å². The molecule has 38 heavy (non-hydrogen) atoms. The second-order valence-corrected chi connectivity index (χ2v) is 10.3. The van der Waals surface area contributed by atoms with Crippen molar-refractivity contribution in [3.63, 3.8) is 0 Å². The number of anilines is 1. The molecule has 1 atom stereocenters. The summed E-state index contributed by atoms with van der Waals surface area (Å²) in [5, 5.41) is 9.41. The van der Waals surface area contributed by atoms with Crippen LogP contribution in [0.15, 0.2) is 60.7 Å². The number of rotatable bonds is 7. The molecule has 0 bridgehead atoms. The molecule has 198 valence electrons. The Morgan fingerprint density at radius 3 is 2.34 bits per heavy atom. The molecule has 2 saturated heterocycles. The van der Waals surface area contributed by atoms with E-state index in [0.29, 0.717) is 49.9 Å². The lowest BCUT2D eigenvalue weighted by Crippen LogP contribution is -2.52. The van der Waals surface area contributed by atoms with Gasteiger partial charge in [-0.3, -0.25) is 9.59 Å². The minimum Gasteiger partial charge on any atom is -0.376 e. The number of aromatic nitrogens is 2. The van der Waals surface area contributed by atoms with E-state index >= 15 is 0 Å². The van der Waals surface area contributed by atoms with Crippen molar-refractivity contribution in [2.45, 2.75) is 25.9 Å². The Morgan fingerprint density at radius 1 is 0.974 bits per heavy atom. The van der Waals surface area contributed by atoms with Gasteiger partial charge in [0.25, 0.3) is 5.91 Å². The highest BCUT2D eigenvalue weighted by molar-refractivity contribution is 6.30. The third kappa shape index (κ3) is 6.31. The van der Waals surface area contributed by atoms with Crippen LogP contribution in [0.4, 0.5) is 5.82 Å². The van der Waals surface area contributed by atoms with E-state index in [4.69, 9.17) is 16.3 Å². The van der Waals surface area contributed by atoms with Crippen molar-refractivity contribution >= 4 is 29.2 Å². The van der Waals surface area contributed by atoms with E-state index < -0.39 is 0 Å². The van der Waals surface area contributed by atoms with Crippen molar-refractivity contribution < 1.29 is 14.3 Å². The molecule has 0 aliphatic carbocycles. The van der Waals surface area contributed by atoms with Gasteiger partial charge in [0.05, 0.1) is 11.8 Å². The number of carbonyl (C=O) groups is 2. The lowest BCUT2D eigenvalue weighted by Gasteiger charge is -2.36. The van der Waals surface area contributed by atoms with E-state index in [1.54, 1.807) is 29.2 Å². The first-order valence-electron chi connectivity index (χ1n) is 13.1. The molecule has 1 aromatic heterocycles. The minimum atomic E-state index is -0.187. The lowest BCUT2D eigenvalue weighted by molar-refractivity contribution is -0.132. The summed E-state index contributed by atoms with van der Waals surface area (Å²) in [6, 6.07) is 18.9. The van der Waals surface area contributed by atoms with Crippen molar-refractivity contribution in [1.82, 2.24) is 20.0 Å². The van der Waals surface area contributed by atoms with Crippen LogP contribution in [0.25, 0.3) is 11.3 Å². The molecule has 2 amide bonds. The van der Waals surface area contributed by atoms with Crippen LogP contribution in [0, 0.1) is 6.92 Å². The fourth-order valence-electron chi connectivity index (χ4n) is 4.85. The third-order valence-corrected chi connectivity index (χ3v) is 7.36. The van der Waals surface area contributed by atoms with Crippen LogP contribution >= 0.6 is 11.6 Å². The number of amides is 2. The van der Waals surface area contributed by atoms with Crippen LogP contribution in [0.5, 0.6) is 0 Å². The van der Waals surface area contributed by atoms with E-state index in [2.05, 4.69) is 34.2 Å². The van der Waals surface area contributed by atoms with Crippen LogP contribution in [-0.2, 0) is 9.53 Å². The first-order valence-corrected chi connectivity index (χ1v) is 13.4. The van der Waals surface area contributed by atoms with Crippen LogP contribution in [0.2, 0.25) is 5.02 Å². The van der Waals surface area contributed by atoms with Gasteiger partial charge in [-0.2, -0.15) is 0 Å². The average molecular weight is 534 g/mol. The van der Waals surface area contributed by atoms with E-state index in [0.717, 1.165) is 29.9 Å². The number of aryl methyl sites for hydroxylation is 1. The predicted octanol–water partition coefficient (Wildman–Crippen LogP) is 4.08. The number of ether oxygens (including phenoxy) is 1. The molecular formula is C29H32ClN5O3. The molecule has 2 fully saturated rings. The molecule has 2 aliphatic rings. The molecular weight excluding hydrogens is 502 g/mol. The number of piperazine rings is 1. The summed E-state index contributed by atoms with van der Waals surface area (Å²) in [5.74, 6) is 0.546. The lowest BCUT2D eigenvalue weighted by atomic mass is 10.1. The Kier molecular flexibility index (Phi) is 8.20. The second-order valence-electron chi connectivity index (χ2n) is 9.84. The fourth-order valence-corrected chi connectivity index (χ4v) is 4.97. The number of halogens is 1. The van der Waals surface area contributed by atoms with Gasteiger partial charge in [0.2, 0.25) is 5.91 Å². The number of hydrogen-bond acceptors (Lipinski definition) is 6. The summed E-state index contributed by atoms with van der Waals surface area (Å²) in [7, 11) is 0. The zero-order chi connectivity index (χ0) is 26.5. The summed E-state index contributed by atoms with van der Waals surface area (Å²) in [4.78, 5) is 32.1. The van der Waals surface area contributed by atoms with Gasteiger partial charge in [0.15, 0.2) is 5.82 Å². The van der Waals surface area contributed by atoms with Gasteiger partial charge in [-0.05, 0) is 56.2 Å². The quantitative estimate of drug-likeness (QED) is 0.455. The molecule has 5 rings (SSSR count). The van der Waals surface area contributed by atoms with Crippen LogP contribution < -0.4 is 4.90 Å². The Morgan fingerprint density at radius 2 is 1.71 bits per heavy atom. The second kappa shape index (κ2) is 11.9. The molecule has 0 radical (unpaired) electrons. The zero-order valence-corrected chi connectivity index (χ0v) is 22.3. The number of carbonyl (C=O) groups excluding carboxylic acids is 2. The molecule has 0 spiro atoms. The molecule has 0 N–H and O–H groups in total. The smallest absolute Gasteiger partial charge is 0.254 e. The van der Waals surface area contributed by atoms with Crippen molar-refractivity contribution in [1.29, 1.82) is 0 Å². The summed E-state index contributed by atoms with van der Waals surface area (Å²) >= 11 is 6.00. The minimum absolute atomic E-state index is 0.0202. The maximum absolute atomic E-state index is 13.3.